The Labute approximate surface area is 103 Å². The maximum absolute atomic E-state index is 11.6. The summed E-state index contributed by atoms with van der Waals surface area (Å²) in [5.41, 5.74) is 0.590. The van der Waals surface area contributed by atoms with Crippen LogP contribution in [0.25, 0.3) is 0 Å². The van der Waals surface area contributed by atoms with Crippen LogP contribution in [0, 0.1) is 0 Å². The van der Waals surface area contributed by atoms with Crippen LogP contribution in [0.2, 0.25) is 0 Å². The minimum absolute atomic E-state index is 0.110. The molecular formula is C11H14N2O3S. The van der Waals surface area contributed by atoms with Crippen LogP contribution in [0.3, 0.4) is 0 Å². The van der Waals surface area contributed by atoms with Gasteiger partial charge in [0.15, 0.2) is 0 Å². The van der Waals surface area contributed by atoms with Gasteiger partial charge >= 0.3 is 5.97 Å². The number of carboxylic acid groups (broad SMARTS) is 1. The zero-order chi connectivity index (χ0) is 13.1. The number of aromatic nitrogens is 1. The first-order valence-electron chi connectivity index (χ1n) is 4.96. The summed E-state index contributed by atoms with van der Waals surface area (Å²) in [5, 5.41) is 8.68. The molecule has 1 rings (SSSR count). The molecule has 0 spiro atoms. The van der Waals surface area contributed by atoms with Crippen LogP contribution in [-0.2, 0) is 11.4 Å². The fraction of sp³-hybridized carbons (Fsp3) is 0.364. The lowest BCUT2D eigenvalue weighted by molar-refractivity contribution is 0.0696. The highest BCUT2D eigenvalue weighted by Crippen LogP contribution is 2.16. The van der Waals surface area contributed by atoms with Crippen molar-refractivity contribution in [2.75, 3.05) is 0 Å². The first-order chi connectivity index (χ1) is 7.80. The van der Waals surface area contributed by atoms with E-state index in [9.17, 15) is 9.35 Å². The Morgan fingerprint density at radius 2 is 2.18 bits per heavy atom. The number of hydrogen-bond donors (Lipinski definition) is 1. The van der Waals surface area contributed by atoms with Crippen LogP contribution in [-0.4, -0.2) is 31.6 Å². The number of aromatic carboxylic acids is 1. The van der Waals surface area contributed by atoms with Crippen molar-refractivity contribution in [3.05, 3.63) is 29.6 Å². The lowest BCUT2D eigenvalue weighted by Crippen LogP contribution is -2.25. The Morgan fingerprint density at radius 3 is 2.59 bits per heavy atom. The molecule has 1 N–H and O–H groups in total. The van der Waals surface area contributed by atoms with Gasteiger partial charge in [-0.15, -0.1) is 0 Å². The van der Waals surface area contributed by atoms with Crippen molar-refractivity contribution < 1.29 is 14.5 Å². The Balaban J connectivity index is 2.76. The Kier molecular flexibility index (Phi) is 4.25. The monoisotopic (exact) mass is 254 g/mol. The third kappa shape index (κ3) is 4.16. The predicted octanol–water partition coefficient (Wildman–Crippen LogP) is 1.66. The largest absolute Gasteiger partial charge is 0.591 e. The highest BCUT2D eigenvalue weighted by molar-refractivity contribution is 7.91. The van der Waals surface area contributed by atoms with Gasteiger partial charge in [-0.1, -0.05) is 4.40 Å². The van der Waals surface area contributed by atoms with Gasteiger partial charge in [-0.25, -0.2) is 4.79 Å². The Hall–Kier alpha value is -1.40. The Bertz CT molecular complexity index is 423. The van der Waals surface area contributed by atoms with Gasteiger partial charge in [0.2, 0.25) is 0 Å². The van der Waals surface area contributed by atoms with Gasteiger partial charge in [-0.3, -0.25) is 4.98 Å². The number of nitrogens with zero attached hydrogens (tertiary/aromatic N) is 2. The molecule has 0 aromatic carbocycles. The van der Waals surface area contributed by atoms with Crippen molar-refractivity contribution in [2.45, 2.75) is 25.5 Å². The van der Waals surface area contributed by atoms with Gasteiger partial charge in [0, 0.05) is 6.20 Å². The minimum Gasteiger partial charge on any atom is -0.591 e. The summed E-state index contributed by atoms with van der Waals surface area (Å²) in [6.07, 6.45) is 2.62. The van der Waals surface area contributed by atoms with E-state index in [4.69, 9.17) is 5.11 Å². The summed E-state index contributed by atoms with van der Waals surface area (Å²) in [5.74, 6) is -1.03. The standard InChI is InChI=1S/C11H14N2O3S/c1-11(2,3)17(16)13-7-9-5-4-8(6-12-9)10(14)15/h4-7H,1-3H3,(H,14,15). The fourth-order valence-electron chi connectivity index (χ4n) is 0.868. The number of carboxylic acids is 1. The molecule has 1 heterocycles. The molecule has 0 fully saturated rings. The maximum Gasteiger partial charge on any atom is 0.337 e. The molecule has 92 valence electrons. The summed E-state index contributed by atoms with van der Waals surface area (Å²) in [6.45, 7) is 5.46. The van der Waals surface area contributed by atoms with Crippen LogP contribution in [0.5, 0.6) is 0 Å². The summed E-state index contributed by atoms with van der Waals surface area (Å²) < 4.78 is 15.1. The minimum atomic E-state index is -1.34. The van der Waals surface area contributed by atoms with E-state index in [1.54, 1.807) is 0 Å². The maximum atomic E-state index is 11.6. The molecule has 0 aliphatic carbocycles. The SMILES string of the molecule is CC(C)(C)[S+]([O-])N=Cc1ccc(C(=O)O)cn1. The normalized spacial score (nSPS) is 13.9. The van der Waals surface area contributed by atoms with Crippen LogP contribution in [0.1, 0.15) is 36.8 Å². The van der Waals surface area contributed by atoms with Gasteiger partial charge in [-0.05, 0) is 32.9 Å². The van der Waals surface area contributed by atoms with Crippen molar-refractivity contribution in [1.29, 1.82) is 0 Å². The number of hydrogen-bond acceptors (Lipinski definition) is 4. The summed E-state index contributed by atoms with van der Waals surface area (Å²) >= 11 is -1.34. The van der Waals surface area contributed by atoms with Gasteiger partial charge in [0.05, 0.1) is 11.3 Å². The molecule has 0 radical (unpaired) electrons. The topological polar surface area (TPSA) is 85.6 Å². The quantitative estimate of drug-likeness (QED) is 0.656. The Morgan fingerprint density at radius 1 is 1.53 bits per heavy atom. The summed E-state index contributed by atoms with van der Waals surface area (Å²) in [7, 11) is 0. The van der Waals surface area contributed by atoms with Crippen LogP contribution < -0.4 is 0 Å². The summed E-state index contributed by atoms with van der Waals surface area (Å²) in [6, 6.07) is 2.95. The number of carbonyl (C=O) groups is 1. The van der Waals surface area contributed by atoms with Crippen LogP contribution >= 0.6 is 0 Å². The fourth-order valence-corrected chi connectivity index (χ4v) is 1.39. The molecule has 17 heavy (non-hydrogen) atoms. The molecule has 5 nitrogen and oxygen atoms in total. The van der Waals surface area contributed by atoms with E-state index in [1.165, 1.54) is 24.5 Å². The van der Waals surface area contributed by atoms with E-state index < -0.39 is 22.1 Å². The predicted molar refractivity (Wildman–Crippen MR) is 66.7 cm³/mol. The third-order valence-electron chi connectivity index (χ3n) is 1.84. The molecule has 1 aromatic rings. The second-order valence-electron chi connectivity index (χ2n) is 4.37. The average molecular weight is 254 g/mol. The van der Waals surface area contributed by atoms with E-state index in [2.05, 4.69) is 9.38 Å². The highest BCUT2D eigenvalue weighted by atomic mass is 32.2. The smallest absolute Gasteiger partial charge is 0.337 e. The lowest BCUT2D eigenvalue weighted by atomic mass is 10.2. The molecule has 1 unspecified atom stereocenters. The molecule has 0 bridgehead atoms. The van der Waals surface area contributed by atoms with Gasteiger partial charge < -0.3 is 9.66 Å². The molecule has 0 aliphatic rings. The molecule has 1 atom stereocenters. The van der Waals surface area contributed by atoms with Crippen LogP contribution in [0.4, 0.5) is 0 Å². The molecule has 6 heteroatoms. The zero-order valence-corrected chi connectivity index (χ0v) is 10.7. The van der Waals surface area contributed by atoms with Crippen LogP contribution in [0.15, 0.2) is 22.7 Å². The van der Waals surface area contributed by atoms with E-state index >= 15 is 0 Å². The van der Waals surface area contributed by atoms with Gasteiger partial charge in [0.1, 0.15) is 22.3 Å². The van der Waals surface area contributed by atoms with Gasteiger partial charge in [-0.2, -0.15) is 0 Å². The van der Waals surface area contributed by atoms with E-state index in [0.29, 0.717) is 5.69 Å². The molecule has 1 aromatic heterocycles. The summed E-state index contributed by atoms with van der Waals surface area (Å²) in [4.78, 5) is 14.5. The van der Waals surface area contributed by atoms with Crippen molar-refractivity contribution >= 4 is 23.5 Å². The van der Waals surface area contributed by atoms with E-state index in [1.807, 2.05) is 20.8 Å². The number of rotatable bonds is 3. The first kappa shape index (κ1) is 13.7. The molecular weight excluding hydrogens is 240 g/mol. The molecule has 0 aliphatic heterocycles. The van der Waals surface area contributed by atoms with E-state index in [0.717, 1.165) is 0 Å². The third-order valence-corrected chi connectivity index (χ3v) is 3.18. The average Bonchev–Trinajstić information content (AvgIpc) is 2.25. The second-order valence-corrected chi connectivity index (χ2v) is 6.31. The van der Waals surface area contributed by atoms with Crippen molar-refractivity contribution in [1.82, 2.24) is 4.98 Å². The zero-order valence-electron chi connectivity index (χ0n) is 9.88. The lowest BCUT2D eigenvalue weighted by Gasteiger charge is -2.17. The van der Waals surface area contributed by atoms with E-state index in [-0.39, 0.29) is 5.56 Å². The first-order valence-corrected chi connectivity index (χ1v) is 6.07. The molecule has 0 saturated heterocycles. The highest BCUT2D eigenvalue weighted by Gasteiger charge is 2.25. The molecule has 0 amide bonds. The van der Waals surface area contributed by atoms with Gasteiger partial charge in [0.25, 0.3) is 0 Å². The van der Waals surface area contributed by atoms with Crippen molar-refractivity contribution in [2.24, 2.45) is 4.40 Å². The second kappa shape index (κ2) is 5.29. The molecule has 0 saturated carbocycles. The van der Waals surface area contributed by atoms with Crippen molar-refractivity contribution in [3.8, 4) is 0 Å². The number of pyridine rings is 1. The van der Waals surface area contributed by atoms with Crippen molar-refractivity contribution in [3.63, 3.8) is 0 Å².